The van der Waals surface area contributed by atoms with Gasteiger partial charge in [-0.3, -0.25) is 4.79 Å². The monoisotopic (exact) mass is 482 g/mol. The zero-order chi connectivity index (χ0) is 19.6. The Morgan fingerprint density at radius 2 is 0.970 bits per heavy atom. The summed E-state index contributed by atoms with van der Waals surface area (Å²) in [6.07, 6.45) is 0. The topological polar surface area (TPSA) is 246 Å². The SMILES string of the molecule is CC(C)c1cc(C(C)C)c(C(=O)c2ccc(C(=O)[O-])cc2)c(C(C)C)c1.O.O.O.O.O.O.[Na+]. The molecule has 0 aliphatic carbocycles. The van der Waals surface area contributed by atoms with Gasteiger partial charge in [0.2, 0.25) is 0 Å². The minimum absolute atomic E-state index is 0. The van der Waals surface area contributed by atoms with Crippen LogP contribution in [0.15, 0.2) is 36.4 Å². The quantitative estimate of drug-likeness (QED) is 0.303. The summed E-state index contributed by atoms with van der Waals surface area (Å²) in [5, 5.41) is 10.9. The molecular formula is C23H39NaO9. The normalized spacial score (nSPS) is 9.00. The largest absolute Gasteiger partial charge is 1.00 e. The minimum Gasteiger partial charge on any atom is -0.545 e. The van der Waals surface area contributed by atoms with Crippen LogP contribution in [0.1, 0.15) is 102 Å². The van der Waals surface area contributed by atoms with Crippen LogP contribution in [-0.4, -0.2) is 44.6 Å². The summed E-state index contributed by atoms with van der Waals surface area (Å²) in [5.41, 5.74) is 4.66. The second-order valence-electron chi connectivity index (χ2n) is 7.73. The fraction of sp³-hybridized carbons (Fsp3) is 0.391. The van der Waals surface area contributed by atoms with Crippen LogP contribution in [0, 0.1) is 0 Å². The van der Waals surface area contributed by atoms with Crippen LogP contribution < -0.4 is 34.7 Å². The Bertz CT molecular complexity index is 803. The first-order chi connectivity index (χ1) is 12.1. The minimum atomic E-state index is -1.24. The molecule has 2 aromatic carbocycles. The number of carboxylic acid groups (broad SMARTS) is 1. The van der Waals surface area contributed by atoms with Crippen LogP contribution in [0.25, 0.3) is 0 Å². The number of rotatable bonds is 6. The van der Waals surface area contributed by atoms with Crippen molar-refractivity contribution >= 4 is 11.8 Å². The van der Waals surface area contributed by atoms with Gasteiger partial charge in [0.1, 0.15) is 0 Å². The van der Waals surface area contributed by atoms with E-state index in [1.807, 2.05) is 0 Å². The van der Waals surface area contributed by atoms with Gasteiger partial charge in [-0.2, -0.15) is 0 Å². The molecule has 186 valence electrons. The van der Waals surface area contributed by atoms with Gasteiger partial charge in [-0.15, -0.1) is 0 Å². The predicted molar refractivity (Wildman–Crippen MR) is 125 cm³/mol. The maximum Gasteiger partial charge on any atom is 1.00 e. The molecule has 0 spiro atoms. The summed E-state index contributed by atoms with van der Waals surface area (Å²) in [6, 6.07) is 10.3. The van der Waals surface area contributed by atoms with Crippen LogP contribution in [0.3, 0.4) is 0 Å². The van der Waals surface area contributed by atoms with Crippen LogP contribution in [0.2, 0.25) is 0 Å². The Morgan fingerprint density at radius 1 is 0.636 bits per heavy atom. The zero-order valence-electron chi connectivity index (χ0n) is 20.4. The van der Waals surface area contributed by atoms with Gasteiger partial charge in [-0.05, 0) is 40.0 Å². The van der Waals surface area contributed by atoms with E-state index in [9.17, 15) is 14.7 Å². The molecule has 0 unspecified atom stereocenters. The van der Waals surface area contributed by atoms with Gasteiger partial charge in [-0.1, -0.05) is 77.9 Å². The molecule has 0 saturated heterocycles. The van der Waals surface area contributed by atoms with Gasteiger partial charge in [0.05, 0.1) is 5.97 Å². The average molecular weight is 483 g/mol. The summed E-state index contributed by atoms with van der Waals surface area (Å²) in [6.45, 7) is 12.7. The third kappa shape index (κ3) is 10.4. The first-order valence-electron chi connectivity index (χ1n) is 9.17. The third-order valence-corrected chi connectivity index (χ3v) is 4.74. The number of carbonyl (C=O) groups is 2. The van der Waals surface area contributed by atoms with Gasteiger partial charge < -0.3 is 42.8 Å². The van der Waals surface area contributed by atoms with E-state index in [2.05, 4.69) is 53.7 Å². The van der Waals surface area contributed by atoms with E-state index in [4.69, 9.17) is 0 Å². The van der Waals surface area contributed by atoms with E-state index in [-0.39, 0.29) is 85.6 Å². The Morgan fingerprint density at radius 3 is 1.24 bits per heavy atom. The van der Waals surface area contributed by atoms with Crippen LogP contribution in [0.5, 0.6) is 0 Å². The molecule has 0 aliphatic rings. The number of carboxylic acids is 1. The molecule has 0 heterocycles. The number of carbonyl (C=O) groups excluding carboxylic acids is 2. The second-order valence-corrected chi connectivity index (χ2v) is 7.73. The Balaban J connectivity index is -0.000000260. The van der Waals surface area contributed by atoms with Crippen molar-refractivity contribution in [1.82, 2.24) is 0 Å². The summed E-state index contributed by atoms with van der Waals surface area (Å²) >= 11 is 0. The van der Waals surface area contributed by atoms with Crippen molar-refractivity contribution in [2.45, 2.75) is 59.3 Å². The smallest absolute Gasteiger partial charge is 0.545 e. The standard InChI is InChI=1S/C23H28O3.Na.6H2O/c1-13(2)18-11-19(14(3)4)21(20(12-18)15(5)6)22(24)16-7-9-17(10-8-16)23(25)26;;;;;;;/h7-15H,1-6H3,(H,25,26);;6*1H2/q;+1;;;;;;/p-1. The molecular weight excluding hydrogens is 443 g/mol. The van der Waals surface area contributed by atoms with E-state index >= 15 is 0 Å². The molecule has 0 fully saturated rings. The molecule has 0 aromatic heterocycles. The summed E-state index contributed by atoms with van der Waals surface area (Å²) in [7, 11) is 0. The van der Waals surface area contributed by atoms with Crippen molar-refractivity contribution in [3.63, 3.8) is 0 Å². The number of benzene rings is 2. The van der Waals surface area contributed by atoms with Crippen LogP contribution >= 0.6 is 0 Å². The molecule has 0 bridgehead atoms. The molecule has 0 atom stereocenters. The molecule has 2 rings (SSSR count). The van der Waals surface area contributed by atoms with Crippen LogP contribution in [0.4, 0.5) is 0 Å². The van der Waals surface area contributed by atoms with Gasteiger partial charge in [0, 0.05) is 11.1 Å². The average Bonchev–Trinajstić information content (AvgIpc) is 2.59. The molecule has 0 saturated carbocycles. The molecule has 0 amide bonds. The summed E-state index contributed by atoms with van der Waals surface area (Å²) in [4.78, 5) is 24.2. The summed E-state index contributed by atoms with van der Waals surface area (Å²) in [5.74, 6) is -0.481. The van der Waals surface area contributed by atoms with Crippen LogP contribution in [-0.2, 0) is 0 Å². The first-order valence-corrected chi connectivity index (χ1v) is 9.17. The van der Waals surface area contributed by atoms with E-state index in [1.165, 1.54) is 17.7 Å². The van der Waals surface area contributed by atoms with Gasteiger partial charge in [0.25, 0.3) is 0 Å². The molecule has 2 aromatic rings. The van der Waals surface area contributed by atoms with E-state index in [0.717, 1.165) is 16.7 Å². The Labute approximate surface area is 217 Å². The number of hydrogen-bond donors (Lipinski definition) is 0. The van der Waals surface area contributed by atoms with Crippen molar-refractivity contribution in [2.75, 3.05) is 0 Å². The molecule has 10 heteroatoms. The third-order valence-electron chi connectivity index (χ3n) is 4.74. The van der Waals surface area contributed by atoms with Crippen molar-refractivity contribution in [2.24, 2.45) is 0 Å². The van der Waals surface area contributed by atoms with Crippen molar-refractivity contribution in [1.29, 1.82) is 0 Å². The molecule has 33 heavy (non-hydrogen) atoms. The summed E-state index contributed by atoms with van der Waals surface area (Å²) < 4.78 is 0. The maximum atomic E-state index is 13.3. The van der Waals surface area contributed by atoms with E-state index < -0.39 is 5.97 Å². The van der Waals surface area contributed by atoms with Crippen molar-refractivity contribution in [3.05, 3.63) is 69.8 Å². The van der Waals surface area contributed by atoms with Gasteiger partial charge in [-0.25, -0.2) is 0 Å². The molecule has 0 radical (unpaired) electrons. The van der Waals surface area contributed by atoms with Crippen molar-refractivity contribution in [3.8, 4) is 0 Å². The fourth-order valence-corrected chi connectivity index (χ4v) is 3.12. The van der Waals surface area contributed by atoms with E-state index in [1.54, 1.807) is 12.1 Å². The molecule has 0 aliphatic heterocycles. The second kappa shape index (κ2) is 18.7. The number of hydrogen-bond acceptors (Lipinski definition) is 3. The molecule has 9 nitrogen and oxygen atoms in total. The van der Waals surface area contributed by atoms with Crippen molar-refractivity contribution < 1.29 is 77.1 Å². The molecule has 12 N–H and O–H groups in total. The predicted octanol–water partition coefficient (Wildman–Crippen LogP) is -3.29. The Kier molecular flexibility index (Phi) is 25.5. The van der Waals surface area contributed by atoms with E-state index in [0.29, 0.717) is 11.5 Å². The number of aromatic carboxylic acids is 1. The Hall–Kier alpha value is -1.66. The fourth-order valence-electron chi connectivity index (χ4n) is 3.12. The maximum absolute atomic E-state index is 13.3. The number of ketones is 1. The van der Waals surface area contributed by atoms with Gasteiger partial charge >= 0.3 is 29.6 Å². The first kappa shape index (κ1) is 44.9. The van der Waals surface area contributed by atoms with Gasteiger partial charge in [0.15, 0.2) is 5.78 Å². The zero-order valence-corrected chi connectivity index (χ0v) is 22.4.